The molecule has 190 valence electrons. The zero-order valence-electron chi connectivity index (χ0n) is 20.5. The Kier molecular flexibility index (Phi) is 5.17. The number of benzene rings is 3. The van der Waals surface area contributed by atoms with Gasteiger partial charge in [0.25, 0.3) is 11.5 Å². The molecule has 0 saturated heterocycles. The van der Waals surface area contributed by atoms with Gasteiger partial charge >= 0.3 is 0 Å². The molecule has 4 heterocycles. The molecule has 2 amide bonds. The number of para-hydroxylation sites is 3. The molecule has 0 radical (unpaired) electrons. The third kappa shape index (κ3) is 3.64. The van der Waals surface area contributed by atoms with Gasteiger partial charge in [0.1, 0.15) is 16.7 Å². The number of hydrogen-bond donors (Lipinski definition) is 1. The van der Waals surface area contributed by atoms with Crippen LogP contribution in [0.1, 0.15) is 11.1 Å². The first-order chi connectivity index (χ1) is 19.0. The maximum atomic E-state index is 13.6. The Morgan fingerprint density at radius 1 is 0.974 bits per heavy atom. The number of nitrogens with zero attached hydrogens (tertiary/aromatic N) is 4. The number of hydrogen-bond acceptors (Lipinski definition) is 7. The van der Waals surface area contributed by atoms with Gasteiger partial charge < -0.3 is 9.73 Å². The predicted molar refractivity (Wildman–Crippen MR) is 149 cm³/mol. The average molecular weight is 534 g/mol. The van der Waals surface area contributed by atoms with Gasteiger partial charge in [0.05, 0.1) is 11.3 Å². The van der Waals surface area contributed by atoms with Crippen molar-refractivity contribution < 1.29 is 14.0 Å². The van der Waals surface area contributed by atoms with E-state index < -0.39 is 11.5 Å². The summed E-state index contributed by atoms with van der Waals surface area (Å²) < 4.78 is 7.40. The van der Waals surface area contributed by atoms with E-state index in [1.807, 2.05) is 49.4 Å². The number of rotatable bonds is 4. The van der Waals surface area contributed by atoms with Crippen LogP contribution in [-0.4, -0.2) is 33.0 Å². The summed E-state index contributed by atoms with van der Waals surface area (Å²) in [6.07, 6.45) is 0. The number of amides is 2. The van der Waals surface area contributed by atoms with Gasteiger partial charge in [0, 0.05) is 22.2 Å². The van der Waals surface area contributed by atoms with Crippen molar-refractivity contribution in [1.82, 2.24) is 14.6 Å². The van der Waals surface area contributed by atoms with Gasteiger partial charge in [-0.05, 0) is 31.2 Å². The molecule has 7 rings (SSSR count). The molecule has 39 heavy (non-hydrogen) atoms. The van der Waals surface area contributed by atoms with E-state index in [-0.39, 0.29) is 22.6 Å². The number of aromatic nitrogens is 3. The van der Waals surface area contributed by atoms with Crippen LogP contribution in [0.4, 0.5) is 11.4 Å². The van der Waals surface area contributed by atoms with E-state index in [1.54, 1.807) is 36.4 Å². The summed E-state index contributed by atoms with van der Waals surface area (Å²) in [6.45, 7) is 1.73. The third-order valence-electron chi connectivity index (χ3n) is 6.71. The number of anilines is 2. The Morgan fingerprint density at radius 3 is 2.51 bits per heavy atom. The highest BCUT2D eigenvalue weighted by atomic mass is 32.1. The van der Waals surface area contributed by atoms with E-state index in [9.17, 15) is 14.4 Å². The number of carbonyl (C=O) groups is 2. The van der Waals surface area contributed by atoms with Crippen LogP contribution in [0.2, 0.25) is 0 Å². The van der Waals surface area contributed by atoms with Crippen LogP contribution >= 0.6 is 11.3 Å². The van der Waals surface area contributed by atoms with Crippen LogP contribution in [0.25, 0.3) is 33.1 Å². The average Bonchev–Trinajstić information content (AvgIpc) is 3.66. The van der Waals surface area contributed by atoms with Gasteiger partial charge in [-0.2, -0.15) is 9.50 Å². The zero-order valence-corrected chi connectivity index (χ0v) is 21.4. The molecular weight excluding hydrogens is 514 g/mol. The SMILES string of the molecule is Cc1c(-c2nc3sc(=C4C(=O)N(CC(=O)Nc5ccccc5)c5ccccc54)c(=O)n3n2)oc2ccccc12. The monoisotopic (exact) mass is 533 g/mol. The smallest absolute Gasteiger partial charge is 0.291 e. The maximum absolute atomic E-state index is 13.6. The minimum Gasteiger partial charge on any atom is -0.452 e. The summed E-state index contributed by atoms with van der Waals surface area (Å²) >= 11 is 1.09. The molecule has 0 fully saturated rings. The van der Waals surface area contributed by atoms with Crippen molar-refractivity contribution in [2.75, 3.05) is 16.8 Å². The Hall–Kier alpha value is -5.09. The molecule has 9 nitrogen and oxygen atoms in total. The standard InChI is InChI=1S/C29H19N5O4S/c1-16-18-11-6-8-14-21(18)38-24(16)26-31-29-34(32-26)28(37)25(39-29)23-19-12-5-7-13-20(19)33(27(23)36)15-22(35)30-17-9-3-2-4-10-17/h2-14H,15H2,1H3,(H,30,35). The van der Waals surface area contributed by atoms with Crippen LogP contribution in [0.15, 0.2) is 88.1 Å². The highest BCUT2D eigenvalue weighted by Crippen LogP contribution is 2.35. The molecule has 0 saturated carbocycles. The fraction of sp³-hybridized carbons (Fsp3) is 0.0690. The van der Waals surface area contributed by atoms with Crippen molar-refractivity contribution in [2.24, 2.45) is 0 Å². The molecule has 10 heteroatoms. The van der Waals surface area contributed by atoms with Crippen LogP contribution in [0.3, 0.4) is 0 Å². The second-order valence-corrected chi connectivity index (χ2v) is 10.1. The van der Waals surface area contributed by atoms with Crippen LogP contribution in [-0.2, 0) is 9.59 Å². The topological polar surface area (TPSA) is 110 Å². The number of aryl methyl sites for hydroxylation is 1. The van der Waals surface area contributed by atoms with Gasteiger partial charge in [0.15, 0.2) is 5.76 Å². The lowest BCUT2D eigenvalue weighted by atomic mass is 10.1. The van der Waals surface area contributed by atoms with Gasteiger partial charge in [-0.25, -0.2) is 0 Å². The van der Waals surface area contributed by atoms with Crippen molar-refractivity contribution >= 4 is 56.0 Å². The molecule has 0 spiro atoms. The number of thiazole rings is 1. The van der Waals surface area contributed by atoms with E-state index >= 15 is 0 Å². The lowest BCUT2D eigenvalue weighted by Gasteiger charge is -2.16. The number of fused-ring (bicyclic) bond motifs is 3. The highest BCUT2D eigenvalue weighted by Gasteiger charge is 2.35. The zero-order chi connectivity index (χ0) is 26.7. The Morgan fingerprint density at radius 2 is 1.72 bits per heavy atom. The van der Waals surface area contributed by atoms with Crippen molar-refractivity contribution in [1.29, 1.82) is 0 Å². The van der Waals surface area contributed by atoms with E-state index in [0.717, 1.165) is 22.3 Å². The molecule has 3 aromatic heterocycles. The molecule has 3 aromatic carbocycles. The first kappa shape index (κ1) is 23.1. The Bertz CT molecular complexity index is 2060. The van der Waals surface area contributed by atoms with E-state index in [1.165, 1.54) is 9.42 Å². The highest BCUT2D eigenvalue weighted by molar-refractivity contribution is 7.15. The summed E-state index contributed by atoms with van der Waals surface area (Å²) in [5.41, 5.74) is 3.18. The van der Waals surface area contributed by atoms with Crippen LogP contribution in [0.5, 0.6) is 0 Å². The molecular formula is C29H19N5O4S. The fourth-order valence-electron chi connectivity index (χ4n) is 4.89. The lowest BCUT2D eigenvalue weighted by Crippen LogP contribution is -2.37. The van der Waals surface area contributed by atoms with E-state index in [0.29, 0.717) is 39.1 Å². The Balaban J connectivity index is 1.29. The number of nitrogens with one attached hydrogen (secondary N) is 1. The third-order valence-corrected chi connectivity index (χ3v) is 7.74. The molecule has 0 unspecified atom stereocenters. The van der Waals surface area contributed by atoms with Gasteiger partial charge in [-0.15, -0.1) is 5.10 Å². The summed E-state index contributed by atoms with van der Waals surface area (Å²) in [7, 11) is 0. The minimum absolute atomic E-state index is 0.196. The summed E-state index contributed by atoms with van der Waals surface area (Å²) in [4.78, 5) is 46.3. The van der Waals surface area contributed by atoms with Crippen LogP contribution in [0, 0.1) is 6.92 Å². The predicted octanol–water partition coefficient (Wildman–Crippen LogP) is 3.78. The second kappa shape index (κ2) is 8.74. The molecule has 0 atom stereocenters. The first-order valence-corrected chi connectivity index (χ1v) is 13.0. The molecule has 6 aromatic rings. The second-order valence-electron chi connectivity index (χ2n) is 9.12. The van der Waals surface area contributed by atoms with Gasteiger partial charge in [-0.3, -0.25) is 19.3 Å². The van der Waals surface area contributed by atoms with Crippen molar-refractivity contribution in [3.8, 4) is 11.6 Å². The summed E-state index contributed by atoms with van der Waals surface area (Å²) in [5, 5.41) is 8.19. The fourth-order valence-corrected chi connectivity index (χ4v) is 5.89. The summed E-state index contributed by atoms with van der Waals surface area (Å²) in [5.74, 6) is 0.0374. The largest absolute Gasteiger partial charge is 0.452 e. The normalized spacial score (nSPS) is 14.4. The maximum Gasteiger partial charge on any atom is 0.291 e. The van der Waals surface area contributed by atoms with E-state index in [4.69, 9.17) is 4.42 Å². The minimum atomic E-state index is -0.448. The lowest BCUT2D eigenvalue weighted by molar-refractivity contribution is -0.118. The van der Waals surface area contributed by atoms with Crippen molar-refractivity contribution in [2.45, 2.75) is 6.92 Å². The van der Waals surface area contributed by atoms with Gasteiger partial charge in [0.2, 0.25) is 16.7 Å². The van der Waals surface area contributed by atoms with Crippen molar-refractivity contribution in [3.63, 3.8) is 0 Å². The molecule has 1 aliphatic heterocycles. The van der Waals surface area contributed by atoms with Crippen LogP contribution < -0.4 is 20.3 Å². The van der Waals surface area contributed by atoms with E-state index in [2.05, 4.69) is 15.4 Å². The number of furan rings is 1. The van der Waals surface area contributed by atoms with Gasteiger partial charge in [-0.1, -0.05) is 65.9 Å². The molecule has 1 N–H and O–H groups in total. The molecule has 0 aliphatic carbocycles. The molecule has 0 bridgehead atoms. The first-order valence-electron chi connectivity index (χ1n) is 12.2. The molecule has 1 aliphatic rings. The number of carbonyl (C=O) groups excluding carboxylic acids is 2. The van der Waals surface area contributed by atoms with Crippen molar-refractivity contribution in [3.05, 3.63) is 105 Å². The summed E-state index contributed by atoms with van der Waals surface area (Å²) in [6, 6.07) is 23.8. The quantitative estimate of drug-likeness (QED) is 0.369. The Labute approximate surface area is 224 Å².